The molecule has 2 aromatic rings. The van der Waals surface area contributed by atoms with E-state index in [0.717, 1.165) is 23.3 Å². The summed E-state index contributed by atoms with van der Waals surface area (Å²) in [7, 11) is 0. The van der Waals surface area contributed by atoms with Crippen LogP contribution in [0.15, 0.2) is 30.3 Å². The van der Waals surface area contributed by atoms with Gasteiger partial charge in [0.2, 0.25) is 0 Å². The minimum atomic E-state index is -0.862. The van der Waals surface area contributed by atoms with Gasteiger partial charge in [0.1, 0.15) is 0 Å². The predicted octanol–water partition coefficient (Wildman–Crippen LogP) is 4.84. The SMILES string of the molecule is Cc1cccc(C(C)C)c1NC(=O)c1cc([N+](=O)[O-])c(Cl)c([N+](=O)[O-])c1. The number of carbonyl (C=O) groups excluding carboxylic acids is 1. The highest BCUT2D eigenvalue weighted by atomic mass is 35.5. The van der Waals surface area contributed by atoms with E-state index in [1.807, 2.05) is 39.0 Å². The molecule has 0 saturated carbocycles. The molecule has 0 atom stereocenters. The highest BCUT2D eigenvalue weighted by Crippen LogP contribution is 2.35. The summed E-state index contributed by atoms with van der Waals surface area (Å²) in [6.07, 6.45) is 0. The summed E-state index contributed by atoms with van der Waals surface area (Å²) in [6.45, 7) is 5.74. The van der Waals surface area contributed by atoms with Crippen LogP contribution < -0.4 is 5.32 Å². The third-order valence-electron chi connectivity index (χ3n) is 3.86. The highest BCUT2D eigenvalue weighted by molar-refractivity contribution is 6.35. The van der Waals surface area contributed by atoms with Crippen LogP contribution in [0.25, 0.3) is 0 Å². The molecule has 0 heterocycles. The van der Waals surface area contributed by atoms with Crippen molar-refractivity contribution < 1.29 is 14.6 Å². The first kappa shape index (κ1) is 19.3. The molecule has 0 saturated heterocycles. The van der Waals surface area contributed by atoms with Gasteiger partial charge in [0.25, 0.3) is 17.3 Å². The largest absolute Gasteiger partial charge is 0.321 e. The lowest BCUT2D eigenvalue weighted by molar-refractivity contribution is -0.393. The number of anilines is 1. The van der Waals surface area contributed by atoms with Gasteiger partial charge in [0.05, 0.1) is 15.4 Å². The second-order valence-corrected chi connectivity index (χ2v) is 6.37. The monoisotopic (exact) mass is 377 g/mol. The summed E-state index contributed by atoms with van der Waals surface area (Å²) in [5.41, 5.74) is 0.664. The number of nitro groups is 2. The minimum Gasteiger partial charge on any atom is -0.321 e. The first-order chi connectivity index (χ1) is 12.1. The lowest BCUT2D eigenvalue weighted by Gasteiger charge is -2.16. The Kier molecular flexibility index (Phi) is 5.56. The van der Waals surface area contributed by atoms with E-state index in [2.05, 4.69) is 5.32 Å². The van der Waals surface area contributed by atoms with E-state index in [1.54, 1.807) is 0 Å². The lowest BCUT2D eigenvalue weighted by Crippen LogP contribution is -2.15. The third kappa shape index (κ3) is 3.80. The van der Waals surface area contributed by atoms with E-state index in [9.17, 15) is 25.0 Å². The van der Waals surface area contributed by atoms with Gasteiger partial charge in [-0.05, 0) is 24.0 Å². The Balaban J connectivity index is 2.52. The summed E-state index contributed by atoms with van der Waals surface area (Å²) in [5.74, 6) is -0.567. The van der Waals surface area contributed by atoms with Gasteiger partial charge in [-0.1, -0.05) is 43.6 Å². The van der Waals surface area contributed by atoms with Crippen LogP contribution in [0.4, 0.5) is 17.1 Å². The van der Waals surface area contributed by atoms with Crippen LogP contribution in [0.3, 0.4) is 0 Å². The summed E-state index contributed by atoms with van der Waals surface area (Å²) in [6, 6.07) is 7.39. The molecule has 0 unspecified atom stereocenters. The first-order valence-corrected chi connectivity index (χ1v) is 8.04. The molecule has 2 rings (SSSR count). The number of nitro benzene ring substituents is 2. The summed E-state index contributed by atoms with van der Waals surface area (Å²) >= 11 is 5.71. The van der Waals surface area contributed by atoms with Crippen LogP contribution in [0.2, 0.25) is 5.02 Å². The number of nitrogens with one attached hydrogen (secondary N) is 1. The third-order valence-corrected chi connectivity index (χ3v) is 4.24. The number of para-hydroxylation sites is 1. The molecule has 9 heteroatoms. The Hall–Kier alpha value is -3.00. The molecule has 0 spiro atoms. The van der Waals surface area contributed by atoms with Crippen molar-refractivity contribution >= 4 is 34.6 Å². The zero-order valence-electron chi connectivity index (χ0n) is 14.3. The van der Waals surface area contributed by atoms with Crippen molar-refractivity contribution in [3.8, 4) is 0 Å². The fraction of sp³-hybridized carbons (Fsp3) is 0.235. The molecule has 0 aromatic heterocycles. The molecule has 0 aliphatic carbocycles. The lowest BCUT2D eigenvalue weighted by atomic mass is 9.98. The summed E-state index contributed by atoms with van der Waals surface area (Å²) in [4.78, 5) is 33.1. The summed E-state index contributed by atoms with van der Waals surface area (Å²) < 4.78 is 0. The van der Waals surface area contributed by atoms with Crippen LogP contribution in [-0.2, 0) is 0 Å². The van der Waals surface area contributed by atoms with Gasteiger partial charge in [-0.25, -0.2) is 0 Å². The van der Waals surface area contributed by atoms with Gasteiger partial charge < -0.3 is 5.32 Å². The molecule has 1 N–H and O–H groups in total. The molecule has 26 heavy (non-hydrogen) atoms. The van der Waals surface area contributed by atoms with Crippen molar-refractivity contribution in [1.82, 2.24) is 0 Å². The van der Waals surface area contributed by atoms with Gasteiger partial charge >= 0.3 is 0 Å². The van der Waals surface area contributed by atoms with Crippen molar-refractivity contribution in [2.45, 2.75) is 26.7 Å². The Morgan fingerprint density at radius 1 is 1.12 bits per heavy atom. The second kappa shape index (κ2) is 7.49. The molecule has 0 fully saturated rings. The van der Waals surface area contributed by atoms with Gasteiger partial charge in [0, 0.05) is 17.8 Å². The molecular formula is C17H16ClN3O5. The fourth-order valence-corrected chi connectivity index (χ4v) is 2.77. The normalized spacial score (nSPS) is 10.7. The summed E-state index contributed by atoms with van der Waals surface area (Å²) in [5, 5.41) is 24.3. The van der Waals surface area contributed by atoms with E-state index >= 15 is 0 Å². The number of halogens is 1. The topological polar surface area (TPSA) is 115 Å². The minimum absolute atomic E-state index is 0.124. The van der Waals surface area contributed by atoms with E-state index in [-0.39, 0.29) is 11.5 Å². The highest BCUT2D eigenvalue weighted by Gasteiger charge is 2.27. The molecule has 2 aromatic carbocycles. The number of nitrogens with zero attached hydrogens (tertiary/aromatic N) is 2. The fourth-order valence-electron chi connectivity index (χ4n) is 2.52. The van der Waals surface area contributed by atoms with Gasteiger partial charge in [-0.15, -0.1) is 0 Å². The molecule has 1 amide bonds. The van der Waals surface area contributed by atoms with Crippen LogP contribution in [0.1, 0.15) is 41.3 Å². The van der Waals surface area contributed by atoms with E-state index in [1.165, 1.54) is 0 Å². The van der Waals surface area contributed by atoms with Crippen molar-refractivity contribution in [3.63, 3.8) is 0 Å². The first-order valence-electron chi connectivity index (χ1n) is 7.66. The van der Waals surface area contributed by atoms with Crippen molar-refractivity contribution in [1.29, 1.82) is 0 Å². The Bertz CT molecular complexity index is 876. The average molecular weight is 378 g/mol. The number of benzene rings is 2. The number of aryl methyl sites for hydroxylation is 1. The molecule has 0 aliphatic rings. The van der Waals surface area contributed by atoms with Crippen LogP contribution in [0, 0.1) is 27.2 Å². The Morgan fingerprint density at radius 3 is 2.12 bits per heavy atom. The quantitative estimate of drug-likeness (QED) is 0.591. The maximum absolute atomic E-state index is 12.6. The van der Waals surface area contributed by atoms with Crippen molar-refractivity contribution in [2.24, 2.45) is 0 Å². The van der Waals surface area contributed by atoms with E-state index in [4.69, 9.17) is 11.6 Å². The second-order valence-electron chi connectivity index (χ2n) is 5.99. The number of hydrogen-bond donors (Lipinski definition) is 1. The molecule has 0 bridgehead atoms. The molecular weight excluding hydrogens is 362 g/mol. The number of hydrogen-bond acceptors (Lipinski definition) is 5. The molecule has 8 nitrogen and oxygen atoms in total. The van der Waals surface area contributed by atoms with Crippen LogP contribution >= 0.6 is 11.6 Å². The number of rotatable bonds is 5. The number of carbonyl (C=O) groups is 1. The van der Waals surface area contributed by atoms with Crippen LogP contribution in [0.5, 0.6) is 0 Å². The van der Waals surface area contributed by atoms with Crippen LogP contribution in [-0.4, -0.2) is 15.8 Å². The maximum atomic E-state index is 12.6. The van der Waals surface area contributed by atoms with Crippen molar-refractivity contribution in [2.75, 3.05) is 5.32 Å². The zero-order chi connectivity index (χ0) is 19.6. The number of amides is 1. The van der Waals surface area contributed by atoms with Crippen molar-refractivity contribution in [3.05, 3.63) is 72.3 Å². The van der Waals surface area contributed by atoms with E-state index in [0.29, 0.717) is 5.69 Å². The molecule has 136 valence electrons. The Labute approximate surface area is 154 Å². The zero-order valence-corrected chi connectivity index (χ0v) is 15.0. The van der Waals surface area contributed by atoms with Gasteiger partial charge in [-0.3, -0.25) is 25.0 Å². The van der Waals surface area contributed by atoms with E-state index < -0.39 is 32.2 Å². The predicted molar refractivity (Wildman–Crippen MR) is 98.0 cm³/mol. The molecule has 0 radical (unpaired) electrons. The maximum Gasteiger partial charge on any atom is 0.295 e. The Morgan fingerprint density at radius 2 is 1.65 bits per heavy atom. The molecule has 0 aliphatic heterocycles. The smallest absolute Gasteiger partial charge is 0.295 e. The van der Waals surface area contributed by atoms with Gasteiger partial charge in [-0.2, -0.15) is 0 Å². The van der Waals surface area contributed by atoms with Gasteiger partial charge in [0.15, 0.2) is 5.02 Å². The average Bonchev–Trinajstić information content (AvgIpc) is 2.55. The standard InChI is InChI=1S/C17H16ClN3O5/c1-9(2)12-6-4-5-10(3)16(12)19-17(22)11-7-13(20(23)24)15(18)14(8-11)21(25)26/h4-9H,1-3H3,(H,19,22).